The van der Waals surface area contributed by atoms with Gasteiger partial charge >= 0.3 is 0 Å². The third-order valence-corrected chi connectivity index (χ3v) is 6.50. The predicted molar refractivity (Wildman–Crippen MR) is 137 cm³/mol. The number of thiazole rings is 1. The Morgan fingerprint density at radius 1 is 1.06 bits per heavy atom. The van der Waals surface area contributed by atoms with Crippen LogP contribution in [0.1, 0.15) is 34.1 Å². The van der Waals surface area contributed by atoms with E-state index in [9.17, 15) is 9.59 Å². The number of anilines is 2. The topological polar surface area (TPSA) is 80.3 Å². The summed E-state index contributed by atoms with van der Waals surface area (Å²) in [6, 6.07) is 15.2. The number of nitrogens with one attached hydrogen (secondary N) is 2. The molecule has 1 heterocycles. The number of benzene rings is 2. The van der Waals surface area contributed by atoms with Crippen molar-refractivity contribution in [2.45, 2.75) is 44.3 Å². The molecule has 0 spiro atoms. The van der Waals surface area contributed by atoms with E-state index >= 15 is 0 Å². The van der Waals surface area contributed by atoms with Crippen molar-refractivity contribution in [3.05, 3.63) is 53.9 Å². The Balaban J connectivity index is 1.53. The van der Waals surface area contributed by atoms with Gasteiger partial charge in [-0.25, -0.2) is 4.98 Å². The van der Waals surface area contributed by atoms with Gasteiger partial charge in [-0.15, -0.1) is 23.1 Å². The second-order valence-electron chi connectivity index (χ2n) is 8.83. The molecule has 6 nitrogen and oxygen atoms in total. The van der Waals surface area contributed by atoms with Gasteiger partial charge in [-0.05, 0) is 60.9 Å². The molecular formula is C25H29N3O3S2. The summed E-state index contributed by atoms with van der Waals surface area (Å²) in [7, 11) is 1.63. The van der Waals surface area contributed by atoms with E-state index in [-0.39, 0.29) is 22.5 Å². The van der Waals surface area contributed by atoms with Gasteiger partial charge < -0.3 is 15.4 Å². The summed E-state index contributed by atoms with van der Waals surface area (Å²) in [5, 5.41) is 7.99. The molecule has 3 aromatic rings. The number of aromatic nitrogens is 1. The maximum absolute atomic E-state index is 12.7. The van der Waals surface area contributed by atoms with Crippen molar-refractivity contribution in [3.63, 3.8) is 0 Å². The first kappa shape index (κ1) is 24.8. The van der Waals surface area contributed by atoms with Crippen LogP contribution in [0.25, 0.3) is 11.3 Å². The van der Waals surface area contributed by atoms with Gasteiger partial charge in [-0.2, -0.15) is 0 Å². The van der Waals surface area contributed by atoms with Crippen LogP contribution in [0.5, 0.6) is 5.75 Å². The molecule has 2 amide bonds. The molecule has 0 saturated carbocycles. The lowest BCUT2D eigenvalue weighted by Gasteiger charge is -2.17. The van der Waals surface area contributed by atoms with Crippen LogP contribution in [-0.4, -0.2) is 29.2 Å². The number of rotatable bonds is 8. The van der Waals surface area contributed by atoms with E-state index in [4.69, 9.17) is 4.74 Å². The minimum atomic E-state index is -0.306. The molecule has 1 aromatic heterocycles. The molecule has 0 fully saturated rings. The highest BCUT2D eigenvalue weighted by Crippen LogP contribution is 2.29. The van der Waals surface area contributed by atoms with Crippen molar-refractivity contribution >= 4 is 45.7 Å². The summed E-state index contributed by atoms with van der Waals surface area (Å²) in [5.41, 5.74) is 2.46. The largest absolute Gasteiger partial charge is 0.497 e. The van der Waals surface area contributed by atoms with Gasteiger partial charge in [0, 0.05) is 27.9 Å². The number of methoxy groups -OCH3 is 1. The highest BCUT2D eigenvalue weighted by molar-refractivity contribution is 8.00. The van der Waals surface area contributed by atoms with Gasteiger partial charge in [0.1, 0.15) is 5.75 Å². The highest BCUT2D eigenvalue weighted by Gasteiger charge is 2.18. The zero-order valence-corrected chi connectivity index (χ0v) is 21.1. The predicted octanol–water partition coefficient (Wildman–Crippen LogP) is 6.31. The molecule has 2 aromatic carbocycles. The average Bonchev–Trinajstić information content (AvgIpc) is 3.22. The van der Waals surface area contributed by atoms with Crippen LogP contribution < -0.4 is 15.4 Å². The number of hydrogen-bond donors (Lipinski definition) is 2. The van der Waals surface area contributed by atoms with E-state index in [0.717, 1.165) is 27.6 Å². The van der Waals surface area contributed by atoms with E-state index in [0.29, 0.717) is 11.6 Å². The van der Waals surface area contributed by atoms with Gasteiger partial charge in [0.2, 0.25) is 11.8 Å². The Morgan fingerprint density at radius 3 is 2.33 bits per heavy atom. The lowest BCUT2D eigenvalue weighted by atomic mass is 9.92. The number of ether oxygens (including phenoxy) is 1. The van der Waals surface area contributed by atoms with Crippen LogP contribution in [0.3, 0.4) is 0 Å². The van der Waals surface area contributed by atoms with E-state index in [1.807, 2.05) is 81.6 Å². The summed E-state index contributed by atoms with van der Waals surface area (Å²) in [6.45, 7) is 7.95. The fraction of sp³-hybridized carbons (Fsp3) is 0.320. The SMILES string of the molecule is COc1ccc(-c2csc(NC(=O)C(C)Sc3ccc(NC(=O)CC(C)(C)C)cc3)n2)cc1. The Bertz CT molecular complexity index is 1090. The number of hydrogen-bond acceptors (Lipinski definition) is 6. The Labute approximate surface area is 203 Å². The van der Waals surface area contributed by atoms with Crippen LogP contribution in [0.15, 0.2) is 58.8 Å². The molecule has 1 unspecified atom stereocenters. The van der Waals surface area contributed by atoms with Crippen molar-refractivity contribution in [3.8, 4) is 17.0 Å². The number of nitrogens with zero attached hydrogens (tertiary/aromatic N) is 1. The van der Waals surface area contributed by atoms with E-state index < -0.39 is 0 Å². The van der Waals surface area contributed by atoms with E-state index in [2.05, 4.69) is 15.6 Å². The smallest absolute Gasteiger partial charge is 0.239 e. The molecule has 8 heteroatoms. The van der Waals surface area contributed by atoms with Gasteiger partial charge in [-0.3, -0.25) is 9.59 Å². The van der Waals surface area contributed by atoms with Gasteiger partial charge in [0.05, 0.1) is 18.1 Å². The van der Waals surface area contributed by atoms with Gasteiger partial charge in [0.25, 0.3) is 0 Å². The minimum absolute atomic E-state index is 0.00638. The summed E-state index contributed by atoms with van der Waals surface area (Å²) in [4.78, 5) is 30.2. The minimum Gasteiger partial charge on any atom is -0.497 e. The first-order valence-corrected chi connectivity index (χ1v) is 12.4. The first-order valence-electron chi connectivity index (χ1n) is 10.6. The molecule has 33 heavy (non-hydrogen) atoms. The zero-order chi connectivity index (χ0) is 24.0. The molecular weight excluding hydrogens is 454 g/mol. The van der Waals surface area contributed by atoms with Crippen molar-refractivity contribution in [1.82, 2.24) is 4.98 Å². The van der Waals surface area contributed by atoms with Crippen molar-refractivity contribution in [1.29, 1.82) is 0 Å². The van der Waals surface area contributed by atoms with Crippen LogP contribution in [0.2, 0.25) is 0 Å². The number of amides is 2. The normalized spacial score (nSPS) is 12.2. The standard InChI is InChI=1S/C25H29N3O3S2/c1-16(33-20-12-8-18(9-13-20)26-22(29)14-25(2,3)4)23(30)28-24-27-21(15-32-24)17-6-10-19(31-5)11-7-17/h6-13,15-16H,14H2,1-5H3,(H,26,29)(H,27,28,30). The molecule has 0 aliphatic rings. The third kappa shape index (κ3) is 7.61. The zero-order valence-electron chi connectivity index (χ0n) is 19.5. The maximum atomic E-state index is 12.7. The first-order chi connectivity index (χ1) is 15.6. The molecule has 0 saturated heterocycles. The summed E-state index contributed by atoms with van der Waals surface area (Å²) < 4.78 is 5.18. The van der Waals surface area contributed by atoms with Gasteiger partial charge in [0.15, 0.2) is 5.13 Å². The van der Waals surface area contributed by atoms with Crippen LogP contribution >= 0.6 is 23.1 Å². The van der Waals surface area contributed by atoms with Crippen LogP contribution in [0, 0.1) is 5.41 Å². The Hall–Kier alpha value is -2.84. The van der Waals surface area contributed by atoms with Gasteiger partial charge in [-0.1, -0.05) is 20.8 Å². The molecule has 0 aliphatic carbocycles. The molecule has 1 atom stereocenters. The van der Waals surface area contributed by atoms with Crippen LogP contribution in [-0.2, 0) is 9.59 Å². The molecule has 0 radical (unpaired) electrons. The fourth-order valence-electron chi connectivity index (χ4n) is 2.99. The van der Waals surface area contributed by atoms with E-state index in [1.54, 1.807) is 7.11 Å². The lowest BCUT2D eigenvalue weighted by molar-refractivity contribution is -0.118. The fourth-order valence-corrected chi connectivity index (χ4v) is 4.58. The number of carbonyl (C=O) groups excluding carboxylic acids is 2. The second kappa shape index (κ2) is 10.9. The second-order valence-corrected chi connectivity index (χ2v) is 11.1. The van der Waals surface area contributed by atoms with Crippen molar-refractivity contribution in [2.75, 3.05) is 17.7 Å². The molecule has 0 bridgehead atoms. The Kier molecular flexibility index (Phi) is 8.15. The average molecular weight is 484 g/mol. The third-order valence-electron chi connectivity index (χ3n) is 4.63. The summed E-state index contributed by atoms with van der Waals surface area (Å²) in [5.74, 6) is 0.667. The maximum Gasteiger partial charge on any atom is 0.239 e. The number of carbonyl (C=O) groups is 2. The monoisotopic (exact) mass is 483 g/mol. The van der Waals surface area contributed by atoms with Crippen molar-refractivity contribution in [2.24, 2.45) is 5.41 Å². The molecule has 3 rings (SSSR count). The molecule has 2 N–H and O–H groups in total. The quantitative estimate of drug-likeness (QED) is 0.367. The van der Waals surface area contributed by atoms with E-state index in [1.165, 1.54) is 23.1 Å². The Morgan fingerprint density at radius 2 is 1.73 bits per heavy atom. The highest BCUT2D eigenvalue weighted by atomic mass is 32.2. The summed E-state index contributed by atoms with van der Waals surface area (Å²) in [6.07, 6.45) is 0.456. The summed E-state index contributed by atoms with van der Waals surface area (Å²) >= 11 is 2.85. The van der Waals surface area contributed by atoms with Crippen LogP contribution in [0.4, 0.5) is 10.8 Å². The molecule has 174 valence electrons. The number of thioether (sulfide) groups is 1. The lowest BCUT2D eigenvalue weighted by Crippen LogP contribution is -2.22. The van der Waals surface area contributed by atoms with Crippen molar-refractivity contribution < 1.29 is 14.3 Å². The molecule has 0 aliphatic heterocycles.